The maximum Gasteiger partial charge on any atom is 0.305 e. The summed E-state index contributed by atoms with van der Waals surface area (Å²) >= 11 is 0. The highest BCUT2D eigenvalue weighted by Crippen LogP contribution is 2.04. The summed E-state index contributed by atoms with van der Waals surface area (Å²) in [5, 5.41) is 8.47. The Labute approximate surface area is 81.0 Å². The highest BCUT2D eigenvalue weighted by atomic mass is 16.4. The number of nitrogens with zero attached hydrogens (tertiary/aromatic N) is 1. The molecule has 1 aromatic heterocycles. The summed E-state index contributed by atoms with van der Waals surface area (Å²) in [6, 6.07) is 4.77. The molecular weight excluding hydrogens is 184 g/mol. The summed E-state index contributed by atoms with van der Waals surface area (Å²) < 4.78 is 0. The summed E-state index contributed by atoms with van der Waals surface area (Å²) in [4.78, 5) is 25.5. The first-order chi connectivity index (χ1) is 6.59. The van der Waals surface area contributed by atoms with Crippen molar-refractivity contribution >= 4 is 11.8 Å². The number of rotatable bonds is 4. The lowest BCUT2D eigenvalue weighted by atomic mass is 10.4. The van der Waals surface area contributed by atoms with Crippen LogP contribution in [0.4, 0.5) is 5.82 Å². The van der Waals surface area contributed by atoms with Crippen LogP contribution >= 0.6 is 0 Å². The number of aliphatic carboxylic acids is 1. The molecule has 0 saturated heterocycles. The Kier molecular flexibility index (Phi) is 3.28. The molecule has 0 aliphatic carbocycles. The number of nitrogens with one attached hydrogen (secondary N) is 1. The van der Waals surface area contributed by atoms with Gasteiger partial charge in [-0.25, -0.2) is 0 Å². The zero-order valence-electron chi connectivity index (χ0n) is 7.86. The van der Waals surface area contributed by atoms with Crippen LogP contribution < -0.4 is 10.5 Å². The molecule has 76 valence electrons. The molecule has 5 heteroatoms. The third-order valence-corrected chi connectivity index (χ3v) is 1.83. The van der Waals surface area contributed by atoms with E-state index in [1.54, 1.807) is 24.1 Å². The lowest BCUT2D eigenvalue weighted by Gasteiger charge is -2.16. The van der Waals surface area contributed by atoms with E-state index >= 15 is 0 Å². The lowest BCUT2D eigenvalue weighted by molar-refractivity contribution is -0.136. The van der Waals surface area contributed by atoms with E-state index in [9.17, 15) is 9.59 Å². The molecule has 0 aromatic carbocycles. The Bertz CT molecular complexity index is 372. The van der Waals surface area contributed by atoms with Crippen molar-refractivity contribution in [2.24, 2.45) is 0 Å². The van der Waals surface area contributed by atoms with Gasteiger partial charge in [0.25, 0.3) is 0 Å². The molecule has 14 heavy (non-hydrogen) atoms. The van der Waals surface area contributed by atoms with Crippen molar-refractivity contribution in [2.75, 3.05) is 18.5 Å². The van der Waals surface area contributed by atoms with Crippen LogP contribution in [0.15, 0.2) is 23.0 Å². The Balaban J connectivity index is 2.65. The van der Waals surface area contributed by atoms with E-state index < -0.39 is 5.97 Å². The van der Waals surface area contributed by atoms with Crippen LogP contribution in [-0.4, -0.2) is 29.7 Å². The quantitative estimate of drug-likeness (QED) is 0.725. The van der Waals surface area contributed by atoms with Gasteiger partial charge in [0.2, 0.25) is 5.56 Å². The van der Waals surface area contributed by atoms with Crippen LogP contribution in [0.5, 0.6) is 0 Å². The maximum atomic E-state index is 10.9. The molecular formula is C9H12N2O3. The minimum atomic E-state index is -0.852. The molecule has 0 saturated carbocycles. The standard InChI is InChI=1S/C9H12N2O3/c1-11(6-5-9(13)14)7-3-2-4-8(12)10-7/h2-4H,5-6H2,1H3,(H,10,12)(H,13,14). The van der Waals surface area contributed by atoms with Gasteiger partial charge in [-0.15, -0.1) is 0 Å². The van der Waals surface area contributed by atoms with Gasteiger partial charge < -0.3 is 15.0 Å². The topological polar surface area (TPSA) is 73.4 Å². The molecule has 1 rings (SSSR count). The Hall–Kier alpha value is -1.78. The van der Waals surface area contributed by atoms with Crippen LogP contribution in [0.25, 0.3) is 0 Å². The van der Waals surface area contributed by atoms with Gasteiger partial charge in [0.05, 0.1) is 6.42 Å². The van der Waals surface area contributed by atoms with Gasteiger partial charge in [0.1, 0.15) is 5.82 Å². The van der Waals surface area contributed by atoms with Crippen molar-refractivity contribution in [1.29, 1.82) is 0 Å². The minimum Gasteiger partial charge on any atom is -0.481 e. The molecule has 2 N–H and O–H groups in total. The highest BCUT2D eigenvalue weighted by molar-refractivity contribution is 5.67. The first kappa shape index (κ1) is 10.3. The van der Waals surface area contributed by atoms with E-state index in [4.69, 9.17) is 5.11 Å². The molecule has 0 fully saturated rings. The lowest BCUT2D eigenvalue weighted by Crippen LogP contribution is -2.23. The Morgan fingerprint density at radius 1 is 1.57 bits per heavy atom. The van der Waals surface area contributed by atoms with Crippen LogP contribution in [0.2, 0.25) is 0 Å². The molecule has 1 heterocycles. The van der Waals surface area contributed by atoms with Crippen molar-refractivity contribution in [3.05, 3.63) is 28.6 Å². The van der Waals surface area contributed by atoms with Crippen LogP contribution in [0.1, 0.15) is 6.42 Å². The molecule has 0 amide bonds. The smallest absolute Gasteiger partial charge is 0.305 e. The molecule has 0 bridgehead atoms. The van der Waals surface area contributed by atoms with E-state index in [1.807, 2.05) is 0 Å². The van der Waals surface area contributed by atoms with Crippen molar-refractivity contribution in [1.82, 2.24) is 4.98 Å². The van der Waals surface area contributed by atoms with E-state index in [2.05, 4.69) is 4.98 Å². The van der Waals surface area contributed by atoms with Gasteiger partial charge in [-0.05, 0) is 6.07 Å². The number of hydrogen-bond donors (Lipinski definition) is 2. The summed E-state index contributed by atoms with van der Waals surface area (Å²) in [6.45, 7) is 0.370. The predicted octanol–water partition coefficient (Wildman–Crippen LogP) is 0.286. The average Bonchev–Trinajstić information content (AvgIpc) is 2.14. The molecule has 0 aliphatic rings. The molecule has 0 aliphatic heterocycles. The van der Waals surface area contributed by atoms with Crippen molar-refractivity contribution < 1.29 is 9.90 Å². The number of aromatic nitrogens is 1. The molecule has 0 spiro atoms. The van der Waals surface area contributed by atoms with E-state index in [-0.39, 0.29) is 12.0 Å². The zero-order valence-corrected chi connectivity index (χ0v) is 7.86. The molecule has 0 atom stereocenters. The van der Waals surface area contributed by atoms with E-state index in [0.717, 1.165) is 0 Å². The SMILES string of the molecule is CN(CCC(=O)O)c1cccc(=O)[nH]1. The second-order valence-electron chi connectivity index (χ2n) is 2.97. The Morgan fingerprint density at radius 3 is 2.86 bits per heavy atom. The van der Waals surface area contributed by atoms with Gasteiger partial charge in [0, 0.05) is 19.7 Å². The number of anilines is 1. The first-order valence-electron chi connectivity index (χ1n) is 4.22. The van der Waals surface area contributed by atoms with Crippen molar-refractivity contribution in [2.45, 2.75) is 6.42 Å². The minimum absolute atomic E-state index is 0.0490. The fourth-order valence-electron chi connectivity index (χ4n) is 1.04. The number of hydrogen-bond acceptors (Lipinski definition) is 3. The summed E-state index contributed by atoms with van der Waals surface area (Å²) in [7, 11) is 1.73. The maximum absolute atomic E-state index is 10.9. The Morgan fingerprint density at radius 2 is 2.29 bits per heavy atom. The van der Waals surface area contributed by atoms with Gasteiger partial charge in [-0.2, -0.15) is 0 Å². The fraction of sp³-hybridized carbons (Fsp3) is 0.333. The summed E-state index contributed by atoms with van der Waals surface area (Å²) in [5.41, 5.74) is -0.190. The zero-order chi connectivity index (χ0) is 10.6. The number of H-pyrrole nitrogens is 1. The van der Waals surface area contributed by atoms with Gasteiger partial charge >= 0.3 is 5.97 Å². The summed E-state index contributed by atoms with van der Waals surface area (Å²) in [6.07, 6.45) is 0.0490. The summed E-state index contributed by atoms with van der Waals surface area (Å²) in [5.74, 6) is -0.228. The molecule has 1 aromatic rings. The number of carboxylic acids is 1. The normalized spacial score (nSPS) is 9.79. The van der Waals surface area contributed by atoms with Gasteiger partial charge in [0.15, 0.2) is 0 Å². The van der Waals surface area contributed by atoms with Crippen LogP contribution in [0.3, 0.4) is 0 Å². The van der Waals surface area contributed by atoms with Crippen LogP contribution in [0, 0.1) is 0 Å². The number of aromatic amines is 1. The number of carboxylic acid groups (broad SMARTS) is 1. The third-order valence-electron chi connectivity index (χ3n) is 1.83. The van der Waals surface area contributed by atoms with Crippen molar-refractivity contribution in [3.8, 4) is 0 Å². The first-order valence-corrected chi connectivity index (χ1v) is 4.22. The average molecular weight is 196 g/mol. The predicted molar refractivity (Wildman–Crippen MR) is 52.6 cm³/mol. The second-order valence-corrected chi connectivity index (χ2v) is 2.97. The molecule has 0 unspecified atom stereocenters. The fourth-order valence-corrected chi connectivity index (χ4v) is 1.04. The second kappa shape index (κ2) is 4.45. The highest BCUT2D eigenvalue weighted by Gasteiger charge is 2.03. The number of pyridine rings is 1. The van der Waals surface area contributed by atoms with Gasteiger partial charge in [-0.3, -0.25) is 9.59 Å². The van der Waals surface area contributed by atoms with Crippen LogP contribution in [-0.2, 0) is 4.79 Å². The molecule has 5 nitrogen and oxygen atoms in total. The third kappa shape index (κ3) is 2.93. The number of carbonyl (C=O) groups is 1. The monoisotopic (exact) mass is 196 g/mol. The molecule has 0 radical (unpaired) electrons. The van der Waals surface area contributed by atoms with Crippen molar-refractivity contribution in [3.63, 3.8) is 0 Å². The van der Waals surface area contributed by atoms with E-state index in [1.165, 1.54) is 6.07 Å². The van der Waals surface area contributed by atoms with E-state index in [0.29, 0.717) is 12.4 Å². The van der Waals surface area contributed by atoms with Gasteiger partial charge in [-0.1, -0.05) is 6.07 Å². The largest absolute Gasteiger partial charge is 0.481 e.